The van der Waals surface area contributed by atoms with Crippen molar-refractivity contribution in [1.82, 2.24) is 5.32 Å². The summed E-state index contributed by atoms with van der Waals surface area (Å²) in [5, 5.41) is 2.59. The van der Waals surface area contributed by atoms with E-state index in [1.165, 1.54) is 0 Å². The van der Waals surface area contributed by atoms with Gasteiger partial charge in [0, 0.05) is 6.54 Å². The highest BCUT2D eigenvalue weighted by Gasteiger charge is 2.13. The standard InChI is InChI=1S/C12H17NOS/c1-2-8-13-12(14)11(15)9-10-6-4-3-5-7-10/h3-7,11,15H,2,8-9H2,1H3,(H,13,14). The maximum atomic E-state index is 11.5. The molecule has 0 saturated carbocycles. The lowest BCUT2D eigenvalue weighted by Crippen LogP contribution is -2.33. The summed E-state index contributed by atoms with van der Waals surface area (Å²) in [4.78, 5) is 11.5. The first-order valence-corrected chi connectivity index (χ1v) is 5.75. The second-order valence-electron chi connectivity index (χ2n) is 3.50. The first kappa shape index (κ1) is 12.1. The summed E-state index contributed by atoms with van der Waals surface area (Å²) in [7, 11) is 0. The van der Waals surface area contributed by atoms with E-state index < -0.39 is 0 Å². The molecule has 0 saturated heterocycles. The third kappa shape index (κ3) is 4.38. The molecule has 2 nitrogen and oxygen atoms in total. The van der Waals surface area contributed by atoms with Gasteiger partial charge in [-0.2, -0.15) is 12.6 Å². The van der Waals surface area contributed by atoms with E-state index in [2.05, 4.69) is 17.9 Å². The van der Waals surface area contributed by atoms with Crippen molar-refractivity contribution in [3.63, 3.8) is 0 Å². The lowest BCUT2D eigenvalue weighted by molar-refractivity contribution is -0.120. The maximum Gasteiger partial charge on any atom is 0.233 e. The number of carbonyl (C=O) groups excluding carboxylic acids is 1. The number of nitrogens with one attached hydrogen (secondary N) is 1. The Morgan fingerprint density at radius 3 is 2.67 bits per heavy atom. The van der Waals surface area contributed by atoms with E-state index in [0.29, 0.717) is 6.42 Å². The third-order valence-corrected chi connectivity index (χ3v) is 2.54. The van der Waals surface area contributed by atoms with Gasteiger partial charge in [0.05, 0.1) is 5.25 Å². The van der Waals surface area contributed by atoms with Gasteiger partial charge >= 0.3 is 0 Å². The van der Waals surface area contributed by atoms with E-state index in [4.69, 9.17) is 0 Å². The van der Waals surface area contributed by atoms with Gasteiger partial charge in [-0.05, 0) is 18.4 Å². The molecule has 15 heavy (non-hydrogen) atoms. The Labute approximate surface area is 96.5 Å². The van der Waals surface area contributed by atoms with E-state index in [1.807, 2.05) is 37.3 Å². The topological polar surface area (TPSA) is 29.1 Å². The van der Waals surface area contributed by atoms with Gasteiger partial charge in [0.15, 0.2) is 0 Å². The molecule has 1 aromatic carbocycles. The van der Waals surface area contributed by atoms with Crippen molar-refractivity contribution >= 4 is 18.5 Å². The van der Waals surface area contributed by atoms with Crippen molar-refractivity contribution in [2.45, 2.75) is 25.0 Å². The number of hydrogen-bond donors (Lipinski definition) is 2. The first-order valence-electron chi connectivity index (χ1n) is 5.23. The van der Waals surface area contributed by atoms with Crippen LogP contribution in [-0.4, -0.2) is 17.7 Å². The second kappa shape index (κ2) is 6.51. The maximum absolute atomic E-state index is 11.5. The molecule has 0 aliphatic heterocycles. The van der Waals surface area contributed by atoms with Crippen LogP contribution in [0.5, 0.6) is 0 Å². The molecule has 1 amide bonds. The molecule has 0 aromatic heterocycles. The van der Waals surface area contributed by atoms with Crippen molar-refractivity contribution in [2.24, 2.45) is 0 Å². The fourth-order valence-electron chi connectivity index (χ4n) is 1.30. The molecule has 1 rings (SSSR count). The monoisotopic (exact) mass is 223 g/mol. The van der Waals surface area contributed by atoms with Gasteiger partial charge in [0.25, 0.3) is 0 Å². The average molecular weight is 223 g/mol. The van der Waals surface area contributed by atoms with Gasteiger partial charge in [-0.3, -0.25) is 4.79 Å². The van der Waals surface area contributed by atoms with Crippen LogP contribution in [0.1, 0.15) is 18.9 Å². The Balaban J connectivity index is 2.41. The molecule has 0 fully saturated rings. The lowest BCUT2D eigenvalue weighted by atomic mass is 10.1. The lowest BCUT2D eigenvalue weighted by Gasteiger charge is -2.10. The Kier molecular flexibility index (Phi) is 5.26. The number of rotatable bonds is 5. The number of carbonyl (C=O) groups is 1. The smallest absolute Gasteiger partial charge is 0.233 e. The van der Waals surface area contributed by atoms with Gasteiger partial charge < -0.3 is 5.32 Å². The van der Waals surface area contributed by atoms with Crippen LogP contribution in [0.3, 0.4) is 0 Å². The largest absolute Gasteiger partial charge is 0.355 e. The highest BCUT2D eigenvalue weighted by Crippen LogP contribution is 2.07. The van der Waals surface area contributed by atoms with Crippen LogP contribution in [0.2, 0.25) is 0 Å². The minimum Gasteiger partial charge on any atom is -0.355 e. The summed E-state index contributed by atoms with van der Waals surface area (Å²) in [6.07, 6.45) is 1.64. The zero-order valence-electron chi connectivity index (χ0n) is 8.94. The van der Waals surface area contributed by atoms with E-state index in [-0.39, 0.29) is 11.2 Å². The fraction of sp³-hybridized carbons (Fsp3) is 0.417. The number of amides is 1. The quantitative estimate of drug-likeness (QED) is 0.735. The molecule has 1 unspecified atom stereocenters. The van der Waals surface area contributed by atoms with E-state index in [1.54, 1.807) is 0 Å². The van der Waals surface area contributed by atoms with Gasteiger partial charge in [-0.15, -0.1) is 0 Å². The van der Waals surface area contributed by atoms with Crippen molar-refractivity contribution in [1.29, 1.82) is 0 Å². The van der Waals surface area contributed by atoms with Gasteiger partial charge in [-0.25, -0.2) is 0 Å². The van der Waals surface area contributed by atoms with Crippen molar-refractivity contribution in [3.05, 3.63) is 35.9 Å². The summed E-state index contributed by atoms with van der Waals surface area (Å²) >= 11 is 4.30. The molecule has 1 N–H and O–H groups in total. The molecular formula is C12H17NOS. The summed E-state index contributed by atoms with van der Waals surface area (Å²) in [6, 6.07) is 9.93. The first-order chi connectivity index (χ1) is 7.24. The van der Waals surface area contributed by atoms with Crippen molar-refractivity contribution in [2.75, 3.05) is 6.54 Å². The van der Waals surface area contributed by atoms with E-state index >= 15 is 0 Å². The van der Waals surface area contributed by atoms with Crippen molar-refractivity contribution in [3.8, 4) is 0 Å². The predicted octanol–water partition coefficient (Wildman–Crippen LogP) is 2.05. The van der Waals surface area contributed by atoms with Crippen LogP contribution >= 0.6 is 12.6 Å². The summed E-state index contributed by atoms with van der Waals surface area (Å²) in [5.41, 5.74) is 1.14. The Bertz CT molecular complexity index is 300. The molecule has 0 radical (unpaired) electrons. The SMILES string of the molecule is CCCNC(=O)C(S)Cc1ccccc1. The Morgan fingerprint density at radius 2 is 2.07 bits per heavy atom. The minimum absolute atomic E-state index is 0.0176. The van der Waals surface area contributed by atoms with Crippen LogP contribution in [0.25, 0.3) is 0 Å². The number of hydrogen-bond acceptors (Lipinski definition) is 2. The molecule has 82 valence electrons. The normalized spacial score (nSPS) is 12.1. The van der Waals surface area contributed by atoms with Crippen LogP contribution in [0, 0.1) is 0 Å². The molecule has 0 bridgehead atoms. The molecule has 1 atom stereocenters. The second-order valence-corrected chi connectivity index (χ2v) is 4.12. The minimum atomic E-state index is -0.251. The molecule has 3 heteroatoms. The highest BCUT2D eigenvalue weighted by atomic mass is 32.1. The van der Waals surface area contributed by atoms with E-state index in [0.717, 1.165) is 18.5 Å². The predicted molar refractivity (Wildman–Crippen MR) is 66.2 cm³/mol. The van der Waals surface area contributed by atoms with Gasteiger partial charge in [0.2, 0.25) is 5.91 Å². The molecule has 0 aliphatic carbocycles. The summed E-state index contributed by atoms with van der Waals surface area (Å²) in [5.74, 6) is 0.0176. The molecule has 0 heterocycles. The van der Waals surface area contributed by atoms with Crippen LogP contribution in [0.15, 0.2) is 30.3 Å². The van der Waals surface area contributed by atoms with E-state index in [9.17, 15) is 4.79 Å². The molecule has 0 spiro atoms. The summed E-state index contributed by atoms with van der Waals surface area (Å²) in [6.45, 7) is 2.76. The Hall–Kier alpha value is -0.960. The molecular weight excluding hydrogens is 206 g/mol. The summed E-state index contributed by atoms with van der Waals surface area (Å²) < 4.78 is 0. The van der Waals surface area contributed by atoms with Gasteiger partial charge in [0.1, 0.15) is 0 Å². The van der Waals surface area contributed by atoms with Crippen molar-refractivity contribution < 1.29 is 4.79 Å². The fourth-order valence-corrected chi connectivity index (χ4v) is 1.60. The van der Waals surface area contributed by atoms with Gasteiger partial charge in [-0.1, -0.05) is 37.3 Å². The average Bonchev–Trinajstić information content (AvgIpc) is 2.27. The van der Waals surface area contributed by atoms with Crippen LogP contribution < -0.4 is 5.32 Å². The zero-order chi connectivity index (χ0) is 11.1. The molecule has 0 aliphatic rings. The Morgan fingerprint density at radius 1 is 1.40 bits per heavy atom. The zero-order valence-corrected chi connectivity index (χ0v) is 9.84. The highest BCUT2D eigenvalue weighted by molar-refractivity contribution is 7.81. The molecule has 1 aromatic rings. The number of benzene rings is 1. The number of thiol groups is 1. The third-order valence-electron chi connectivity index (χ3n) is 2.12. The van der Waals surface area contributed by atoms with Crippen LogP contribution in [-0.2, 0) is 11.2 Å². The van der Waals surface area contributed by atoms with Crippen LogP contribution in [0.4, 0.5) is 0 Å².